The highest BCUT2D eigenvalue weighted by Crippen LogP contribution is 2.38. The summed E-state index contributed by atoms with van der Waals surface area (Å²) in [5.74, 6) is 0.886. The summed E-state index contributed by atoms with van der Waals surface area (Å²) in [6, 6.07) is 1.92. The lowest BCUT2D eigenvalue weighted by Crippen LogP contribution is -2.49. The number of alkyl halides is 1. The van der Waals surface area contributed by atoms with Crippen LogP contribution in [-0.4, -0.2) is 29.9 Å². The number of hydrogen-bond donors (Lipinski definition) is 0. The highest BCUT2D eigenvalue weighted by atomic mass is 35.5. The predicted octanol–water partition coefficient (Wildman–Crippen LogP) is 3.11. The van der Waals surface area contributed by atoms with Crippen LogP contribution >= 0.6 is 11.6 Å². The summed E-state index contributed by atoms with van der Waals surface area (Å²) < 4.78 is 29.6. The van der Waals surface area contributed by atoms with Crippen LogP contribution in [0.25, 0.3) is 0 Å². The zero-order valence-electron chi connectivity index (χ0n) is 12.5. The van der Waals surface area contributed by atoms with E-state index in [1.165, 1.54) is 19.3 Å². The van der Waals surface area contributed by atoms with Crippen molar-refractivity contribution in [2.24, 2.45) is 13.0 Å². The summed E-state index contributed by atoms with van der Waals surface area (Å²) in [5, 5.41) is 0. The molecule has 2 heterocycles. The van der Waals surface area contributed by atoms with Crippen molar-refractivity contribution in [1.29, 1.82) is 0 Å². The van der Waals surface area contributed by atoms with Crippen molar-refractivity contribution in [3.05, 3.63) is 18.0 Å². The van der Waals surface area contributed by atoms with Gasteiger partial charge in [-0.05, 0) is 37.7 Å². The second-order valence-electron chi connectivity index (χ2n) is 6.28. The lowest BCUT2D eigenvalue weighted by atomic mass is 9.79. The van der Waals surface area contributed by atoms with Crippen LogP contribution in [0.4, 0.5) is 0 Å². The van der Waals surface area contributed by atoms with Gasteiger partial charge < -0.3 is 4.57 Å². The zero-order valence-corrected chi connectivity index (χ0v) is 14.0. The number of fused-ring (bicyclic) bond motifs is 1. The van der Waals surface area contributed by atoms with Crippen molar-refractivity contribution in [2.75, 3.05) is 6.54 Å². The Balaban J connectivity index is 1.92. The third-order valence-electron chi connectivity index (χ3n) is 5.02. The van der Waals surface area contributed by atoms with Crippen molar-refractivity contribution in [3.63, 3.8) is 0 Å². The lowest BCUT2D eigenvalue weighted by Gasteiger charge is -2.42. The van der Waals surface area contributed by atoms with E-state index in [0.29, 0.717) is 23.2 Å². The number of aromatic nitrogens is 1. The molecule has 2 atom stereocenters. The van der Waals surface area contributed by atoms with Gasteiger partial charge in [-0.25, -0.2) is 8.42 Å². The Morgan fingerprint density at radius 2 is 1.95 bits per heavy atom. The van der Waals surface area contributed by atoms with Crippen LogP contribution in [0.15, 0.2) is 17.2 Å². The van der Waals surface area contributed by atoms with E-state index < -0.39 is 10.0 Å². The lowest BCUT2D eigenvalue weighted by molar-refractivity contribution is 0.129. The minimum absolute atomic E-state index is 0.206. The number of rotatable bonds is 3. The van der Waals surface area contributed by atoms with Crippen LogP contribution in [0.5, 0.6) is 0 Å². The average molecular weight is 331 g/mol. The maximum Gasteiger partial charge on any atom is 0.244 e. The number of piperidine rings is 1. The van der Waals surface area contributed by atoms with E-state index in [1.807, 2.05) is 11.6 Å². The molecule has 21 heavy (non-hydrogen) atoms. The van der Waals surface area contributed by atoms with Gasteiger partial charge in [-0.3, -0.25) is 0 Å². The van der Waals surface area contributed by atoms with Gasteiger partial charge in [-0.1, -0.05) is 12.8 Å². The van der Waals surface area contributed by atoms with Crippen molar-refractivity contribution in [1.82, 2.24) is 8.87 Å². The molecule has 0 radical (unpaired) electrons. The molecule has 118 valence electrons. The smallest absolute Gasteiger partial charge is 0.244 e. The summed E-state index contributed by atoms with van der Waals surface area (Å²) >= 11 is 5.86. The van der Waals surface area contributed by atoms with Crippen LogP contribution in [0.1, 0.15) is 44.2 Å². The number of aryl methyl sites for hydroxylation is 1. The van der Waals surface area contributed by atoms with Crippen LogP contribution in [0, 0.1) is 5.92 Å². The van der Waals surface area contributed by atoms with Crippen LogP contribution < -0.4 is 0 Å². The molecule has 0 bridgehead atoms. The summed E-state index contributed by atoms with van der Waals surface area (Å²) in [6.07, 6.45) is 8.44. The van der Waals surface area contributed by atoms with Gasteiger partial charge in [0.05, 0.1) is 5.88 Å². The Bertz CT molecular complexity index is 609. The third-order valence-corrected chi connectivity index (χ3v) is 7.18. The standard InChI is InChI=1S/C15H23ClN2O2S/c1-17-11-14(9-13(17)10-16)21(19,20)18-8-4-6-12-5-2-3-7-15(12)18/h9,11-12,15H,2-8,10H2,1H3. The number of hydrogen-bond acceptors (Lipinski definition) is 2. The molecule has 0 spiro atoms. The average Bonchev–Trinajstić information content (AvgIpc) is 2.88. The molecule has 0 aromatic carbocycles. The van der Waals surface area contributed by atoms with E-state index in [2.05, 4.69) is 0 Å². The Morgan fingerprint density at radius 3 is 2.67 bits per heavy atom. The minimum atomic E-state index is -3.39. The molecule has 1 aromatic rings. The molecule has 1 saturated heterocycles. The topological polar surface area (TPSA) is 42.3 Å². The summed E-state index contributed by atoms with van der Waals surface area (Å²) in [7, 11) is -1.55. The van der Waals surface area contributed by atoms with Crippen molar-refractivity contribution in [3.8, 4) is 0 Å². The number of nitrogens with zero attached hydrogens (tertiary/aromatic N) is 2. The van der Waals surface area contributed by atoms with E-state index in [1.54, 1.807) is 16.6 Å². The summed E-state index contributed by atoms with van der Waals surface area (Å²) in [6.45, 7) is 0.661. The van der Waals surface area contributed by atoms with Gasteiger partial charge in [0.15, 0.2) is 0 Å². The fourth-order valence-corrected chi connectivity index (χ4v) is 5.98. The molecule has 1 saturated carbocycles. The van der Waals surface area contributed by atoms with E-state index in [9.17, 15) is 8.42 Å². The first-order valence-electron chi connectivity index (χ1n) is 7.77. The number of halogens is 1. The second kappa shape index (κ2) is 5.94. The second-order valence-corrected chi connectivity index (χ2v) is 8.44. The molecular formula is C15H23ClN2O2S. The first-order valence-corrected chi connectivity index (χ1v) is 9.74. The highest BCUT2D eigenvalue weighted by molar-refractivity contribution is 7.89. The first-order chi connectivity index (χ1) is 10.0. The molecule has 2 aliphatic rings. The van der Waals surface area contributed by atoms with Gasteiger partial charge in [0.2, 0.25) is 10.0 Å². The predicted molar refractivity (Wildman–Crippen MR) is 83.8 cm³/mol. The van der Waals surface area contributed by atoms with E-state index >= 15 is 0 Å². The fourth-order valence-electron chi connectivity index (χ4n) is 3.86. The van der Waals surface area contributed by atoms with Crippen LogP contribution in [0.2, 0.25) is 0 Å². The first kappa shape index (κ1) is 15.4. The normalized spacial score (nSPS) is 27.5. The molecule has 1 aliphatic carbocycles. The largest absolute Gasteiger partial charge is 0.352 e. The van der Waals surface area contributed by atoms with E-state index in [4.69, 9.17) is 11.6 Å². The molecule has 6 heteroatoms. The maximum atomic E-state index is 13.0. The van der Waals surface area contributed by atoms with Crippen molar-refractivity contribution < 1.29 is 8.42 Å². The third kappa shape index (κ3) is 2.76. The number of sulfonamides is 1. The van der Waals surface area contributed by atoms with E-state index in [0.717, 1.165) is 25.0 Å². The monoisotopic (exact) mass is 330 g/mol. The van der Waals surface area contributed by atoms with Gasteiger partial charge in [0, 0.05) is 31.5 Å². The van der Waals surface area contributed by atoms with E-state index in [-0.39, 0.29) is 6.04 Å². The van der Waals surface area contributed by atoms with Gasteiger partial charge in [-0.2, -0.15) is 4.31 Å². The molecule has 4 nitrogen and oxygen atoms in total. The van der Waals surface area contributed by atoms with Crippen LogP contribution in [0.3, 0.4) is 0 Å². The Hall–Kier alpha value is -0.520. The molecule has 2 fully saturated rings. The Morgan fingerprint density at radius 1 is 1.24 bits per heavy atom. The quantitative estimate of drug-likeness (QED) is 0.799. The summed E-state index contributed by atoms with van der Waals surface area (Å²) in [4.78, 5) is 0.395. The van der Waals surface area contributed by atoms with Crippen molar-refractivity contribution >= 4 is 21.6 Å². The minimum Gasteiger partial charge on any atom is -0.352 e. The molecular weight excluding hydrogens is 308 g/mol. The van der Waals surface area contributed by atoms with Gasteiger partial charge in [0.25, 0.3) is 0 Å². The molecule has 1 aliphatic heterocycles. The maximum absolute atomic E-state index is 13.0. The Labute approximate surface area is 132 Å². The molecule has 3 rings (SSSR count). The molecule has 2 unspecified atom stereocenters. The SMILES string of the molecule is Cn1cc(S(=O)(=O)N2CCCC3CCCCC32)cc1CCl. The van der Waals surface area contributed by atoms with Crippen molar-refractivity contribution in [2.45, 2.75) is 55.3 Å². The highest BCUT2D eigenvalue weighted by Gasteiger charge is 2.40. The van der Waals surface area contributed by atoms with Gasteiger partial charge in [0.1, 0.15) is 4.90 Å². The zero-order chi connectivity index (χ0) is 15.0. The van der Waals surface area contributed by atoms with Gasteiger partial charge >= 0.3 is 0 Å². The fraction of sp³-hybridized carbons (Fsp3) is 0.733. The molecule has 0 N–H and O–H groups in total. The molecule has 1 aromatic heterocycles. The van der Waals surface area contributed by atoms with Crippen LogP contribution in [-0.2, 0) is 23.0 Å². The van der Waals surface area contributed by atoms with Gasteiger partial charge in [-0.15, -0.1) is 11.6 Å². The Kier molecular flexibility index (Phi) is 4.35. The summed E-state index contributed by atoms with van der Waals surface area (Å²) in [5.41, 5.74) is 0.840. The molecule has 0 amide bonds.